The highest BCUT2D eigenvalue weighted by atomic mass is 32.1. The van der Waals surface area contributed by atoms with Gasteiger partial charge in [0.15, 0.2) is 5.13 Å². The molecule has 2 aliphatic heterocycles. The van der Waals surface area contributed by atoms with E-state index in [-0.39, 0.29) is 18.2 Å². The number of hydrogen-bond acceptors (Lipinski definition) is 8. The molecule has 0 aliphatic carbocycles. The van der Waals surface area contributed by atoms with E-state index in [1.54, 1.807) is 24.0 Å². The van der Waals surface area contributed by atoms with Crippen LogP contribution in [0.4, 0.5) is 10.8 Å². The van der Waals surface area contributed by atoms with E-state index < -0.39 is 5.92 Å². The third kappa shape index (κ3) is 4.88. The van der Waals surface area contributed by atoms with Crippen LogP contribution in [-0.2, 0) is 14.3 Å². The second kappa shape index (κ2) is 10.8. The quantitative estimate of drug-likeness (QED) is 0.461. The van der Waals surface area contributed by atoms with E-state index in [2.05, 4.69) is 4.90 Å². The lowest BCUT2D eigenvalue weighted by Gasteiger charge is -2.30. The van der Waals surface area contributed by atoms with Gasteiger partial charge in [0.05, 0.1) is 33.4 Å². The molecular weight excluding hydrogens is 480 g/mol. The van der Waals surface area contributed by atoms with Crippen molar-refractivity contribution >= 4 is 44.2 Å². The van der Waals surface area contributed by atoms with Crippen molar-refractivity contribution in [3.05, 3.63) is 42.5 Å². The van der Waals surface area contributed by atoms with E-state index in [1.807, 2.05) is 42.5 Å². The Labute approximate surface area is 214 Å². The molecule has 9 nitrogen and oxygen atoms in total. The summed E-state index contributed by atoms with van der Waals surface area (Å²) in [7, 11) is 3.22. The molecule has 0 saturated carbocycles. The van der Waals surface area contributed by atoms with Crippen molar-refractivity contribution in [1.29, 1.82) is 0 Å². The number of benzene rings is 2. The van der Waals surface area contributed by atoms with Gasteiger partial charge in [-0.1, -0.05) is 29.5 Å². The van der Waals surface area contributed by atoms with Crippen LogP contribution in [0.2, 0.25) is 0 Å². The molecule has 3 heterocycles. The molecule has 0 radical (unpaired) electrons. The van der Waals surface area contributed by atoms with Crippen molar-refractivity contribution in [1.82, 2.24) is 9.88 Å². The van der Waals surface area contributed by atoms with Gasteiger partial charge in [-0.2, -0.15) is 0 Å². The molecule has 0 bridgehead atoms. The number of carbonyl (C=O) groups excluding carboxylic acids is 2. The predicted molar refractivity (Wildman–Crippen MR) is 139 cm³/mol. The van der Waals surface area contributed by atoms with Crippen LogP contribution < -0.4 is 19.3 Å². The number of thiazole rings is 1. The lowest BCUT2D eigenvalue weighted by Crippen LogP contribution is -2.45. The Morgan fingerprint density at radius 2 is 1.83 bits per heavy atom. The number of morpholine rings is 1. The highest BCUT2D eigenvalue weighted by Gasteiger charge is 2.38. The Morgan fingerprint density at radius 3 is 2.56 bits per heavy atom. The average Bonchev–Trinajstić information content (AvgIpc) is 3.53. The molecule has 2 fully saturated rings. The van der Waals surface area contributed by atoms with Gasteiger partial charge < -0.3 is 19.1 Å². The SMILES string of the molecule is COc1ccc(OC)c2sc(N(CCN3CCOCC3)C(=O)C3CC(=O)N(c4ccccc4)C3)nc12. The van der Waals surface area contributed by atoms with E-state index in [1.165, 1.54) is 11.3 Å². The number of aromatic nitrogens is 1. The molecule has 2 saturated heterocycles. The predicted octanol–water partition coefficient (Wildman–Crippen LogP) is 3.03. The molecule has 0 spiro atoms. The highest BCUT2D eigenvalue weighted by molar-refractivity contribution is 7.22. The molecule has 0 N–H and O–H groups in total. The maximum Gasteiger partial charge on any atom is 0.234 e. The highest BCUT2D eigenvalue weighted by Crippen LogP contribution is 2.40. The maximum atomic E-state index is 13.9. The first-order valence-corrected chi connectivity index (χ1v) is 12.9. The van der Waals surface area contributed by atoms with Gasteiger partial charge in [0.25, 0.3) is 0 Å². The maximum absolute atomic E-state index is 13.9. The lowest BCUT2D eigenvalue weighted by atomic mass is 10.1. The number of carbonyl (C=O) groups is 2. The van der Waals surface area contributed by atoms with Crippen molar-refractivity contribution < 1.29 is 23.8 Å². The van der Waals surface area contributed by atoms with Gasteiger partial charge >= 0.3 is 0 Å². The van der Waals surface area contributed by atoms with Crippen LogP contribution in [0.1, 0.15) is 6.42 Å². The normalized spacial score (nSPS) is 18.6. The van der Waals surface area contributed by atoms with Gasteiger partial charge in [-0.15, -0.1) is 0 Å². The Bertz CT molecular complexity index is 1190. The first-order chi connectivity index (χ1) is 17.6. The molecule has 1 unspecified atom stereocenters. The molecular formula is C26H30N4O5S. The Morgan fingerprint density at radius 1 is 1.11 bits per heavy atom. The summed E-state index contributed by atoms with van der Waals surface area (Å²) in [6, 6.07) is 13.2. The molecule has 1 aromatic heterocycles. The number of anilines is 2. The van der Waals surface area contributed by atoms with Crippen molar-refractivity contribution in [2.75, 3.05) is 70.0 Å². The summed E-state index contributed by atoms with van der Waals surface area (Å²) in [5.41, 5.74) is 1.47. The molecule has 2 amide bonds. The van der Waals surface area contributed by atoms with Crippen molar-refractivity contribution in [3.63, 3.8) is 0 Å². The van der Waals surface area contributed by atoms with Crippen LogP contribution in [0.5, 0.6) is 11.5 Å². The van der Waals surface area contributed by atoms with Gasteiger partial charge in [0.2, 0.25) is 11.8 Å². The van der Waals surface area contributed by atoms with Crippen LogP contribution in [-0.4, -0.2) is 81.9 Å². The summed E-state index contributed by atoms with van der Waals surface area (Å²) < 4.78 is 17.4. The number of amides is 2. The van der Waals surface area contributed by atoms with Crippen molar-refractivity contribution in [2.45, 2.75) is 6.42 Å². The number of hydrogen-bond donors (Lipinski definition) is 0. The van der Waals surface area contributed by atoms with Gasteiger partial charge in [-0.25, -0.2) is 4.98 Å². The molecule has 3 aromatic rings. The van der Waals surface area contributed by atoms with Gasteiger partial charge in [0.1, 0.15) is 21.7 Å². The van der Waals surface area contributed by atoms with Crippen LogP contribution in [0.25, 0.3) is 10.2 Å². The summed E-state index contributed by atoms with van der Waals surface area (Å²) in [6.45, 7) is 4.55. The van der Waals surface area contributed by atoms with Crippen LogP contribution in [0.15, 0.2) is 42.5 Å². The molecule has 10 heteroatoms. The Balaban J connectivity index is 1.45. The minimum atomic E-state index is -0.446. The van der Waals surface area contributed by atoms with Crippen LogP contribution in [0, 0.1) is 5.92 Å². The zero-order chi connectivity index (χ0) is 25.1. The standard InChI is InChI=1S/C26H30N4O5S/c1-33-20-8-9-21(34-2)24-23(20)27-26(36-24)29(11-10-28-12-14-35-15-13-28)25(32)18-16-22(31)30(17-18)19-6-4-3-5-7-19/h3-9,18H,10-17H2,1-2H3. The fraction of sp³-hybridized carbons (Fsp3) is 0.423. The number of nitrogens with zero attached hydrogens (tertiary/aromatic N) is 4. The zero-order valence-electron chi connectivity index (χ0n) is 20.5. The van der Waals surface area contributed by atoms with Gasteiger partial charge in [0, 0.05) is 44.8 Å². The topological polar surface area (TPSA) is 84.4 Å². The minimum Gasteiger partial charge on any atom is -0.495 e. The minimum absolute atomic E-state index is 0.0414. The van der Waals surface area contributed by atoms with E-state index in [0.29, 0.717) is 55.0 Å². The number of ether oxygens (including phenoxy) is 3. The molecule has 5 rings (SSSR count). The molecule has 2 aromatic carbocycles. The van der Waals surface area contributed by atoms with Crippen LogP contribution in [0.3, 0.4) is 0 Å². The summed E-state index contributed by atoms with van der Waals surface area (Å²) in [6.07, 6.45) is 0.180. The van der Waals surface area contributed by atoms with Crippen molar-refractivity contribution in [3.8, 4) is 11.5 Å². The van der Waals surface area contributed by atoms with E-state index in [9.17, 15) is 9.59 Å². The largest absolute Gasteiger partial charge is 0.495 e. The zero-order valence-corrected chi connectivity index (χ0v) is 21.3. The monoisotopic (exact) mass is 510 g/mol. The molecule has 36 heavy (non-hydrogen) atoms. The number of rotatable bonds is 8. The van der Waals surface area contributed by atoms with E-state index in [0.717, 1.165) is 23.5 Å². The second-order valence-corrected chi connectivity index (χ2v) is 9.81. The lowest BCUT2D eigenvalue weighted by molar-refractivity contribution is -0.124. The van der Waals surface area contributed by atoms with Crippen molar-refractivity contribution in [2.24, 2.45) is 5.92 Å². The number of methoxy groups -OCH3 is 2. The third-order valence-electron chi connectivity index (χ3n) is 6.68. The van der Waals surface area contributed by atoms with Gasteiger partial charge in [-0.3, -0.25) is 19.4 Å². The van der Waals surface area contributed by atoms with E-state index >= 15 is 0 Å². The van der Waals surface area contributed by atoms with E-state index in [4.69, 9.17) is 19.2 Å². The second-order valence-electron chi connectivity index (χ2n) is 8.83. The summed E-state index contributed by atoms with van der Waals surface area (Å²) in [5.74, 6) is 0.729. The molecule has 1 atom stereocenters. The molecule has 190 valence electrons. The number of para-hydroxylation sites is 1. The first kappa shape index (κ1) is 24.5. The Kier molecular flexibility index (Phi) is 7.35. The first-order valence-electron chi connectivity index (χ1n) is 12.1. The fourth-order valence-corrected chi connectivity index (χ4v) is 5.81. The average molecular weight is 511 g/mol. The third-order valence-corrected chi connectivity index (χ3v) is 7.77. The Hall–Kier alpha value is -3.21. The van der Waals surface area contributed by atoms with Gasteiger partial charge in [-0.05, 0) is 24.3 Å². The summed E-state index contributed by atoms with van der Waals surface area (Å²) in [5, 5.41) is 0.580. The molecule has 2 aliphatic rings. The van der Waals surface area contributed by atoms with Crippen LogP contribution >= 0.6 is 11.3 Å². The fourth-order valence-electron chi connectivity index (χ4n) is 4.71. The smallest absolute Gasteiger partial charge is 0.234 e. The summed E-state index contributed by atoms with van der Waals surface area (Å²) in [4.78, 5) is 37.3. The summed E-state index contributed by atoms with van der Waals surface area (Å²) >= 11 is 1.41. The number of fused-ring (bicyclic) bond motifs is 1.